The third-order valence-electron chi connectivity index (χ3n) is 5.16. The number of hydrogen-bond donors (Lipinski definition) is 1. The quantitative estimate of drug-likeness (QED) is 0.860. The van der Waals surface area contributed by atoms with Gasteiger partial charge in [0, 0.05) is 39.1 Å². The summed E-state index contributed by atoms with van der Waals surface area (Å²) in [5, 5.41) is 10.5. The van der Waals surface area contributed by atoms with Crippen molar-refractivity contribution in [2.24, 2.45) is 7.05 Å². The Kier molecular flexibility index (Phi) is 5.49. The zero-order chi connectivity index (χ0) is 20.5. The number of nitrogens with zero attached hydrogens (tertiary/aromatic N) is 4. The van der Waals surface area contributed by atoms with Gasteiger partial charge in [0.25, 0.3) is 0 Å². The molecule has 28 heavy (non-hydrogen) atoms. The maximum atomic E-state index is 13.8. The molecule has 1 aromatic carbocycles. The van der Waals surface area contributed by atoms with Crippen molar-refractivity contribution in [2.45, 2.75) is 24.2 Å². The molecule has 1 saturated heterocycles. The highest BCUT2D eigenvalue weighted by molar-refractivity contribution is 5.78. The van der Waals surface area contributed by atoms with Gasteiger partial charge in [-0.1, -0.05) is 30.3 Å². The van der Waals surface area contributed by atoms with E-state index in [0.29, 0.717) is 13.1 Å². The summed E-state index contributed by atoms with van der Waals surface area (Å²) in [6.45, 7) is 1.33. The van der Waals surface area contributed by atoms with Crippen LogP contribution in [0.5, 0.6) is 0 Å². The van der Waals surface area contributed by atoms with Gasteiger partial charge in [-0.15, -0.1) is 0 Å². The van der Waals surface area contributed by atoms with E-state index >= 15 is 0 Å². The van der Waals surface area contributed by atoms with Crippen LogP contribution in [0.3, 0.4) is 0 Å². The summed E-state index contributed by atoms with van der Waals surface area (Å²) in [4.78, 5) is 20.1. The fourth-order valence-corrected chi connectivity index (χ4v) is 3.57. The van der Waals surface area contributed by atoms with Crippen LogP contribution in [0, 0.1) is 0 Å². The van der Waals surface area contributed by atoms with Crippen LogP contribution in [0.15, 0.2) is 42.7 Å². The van der Waals surface area contributed by atoms with E-state index in [1.165, 1.54) is 24.3 Å². The molecular weight excluding hydrogens is 373 g/mol. The first-order valence-corrected chi connectivity index (χ1v) is 8.93. The van der Waals surface area contributed by atoms with Crippen LogP contribution >= 0.6 is 0 Å². The standard InChI is InChI=1S/C19H23F3N4O2/c1-24-10-11-26(15(13-24)14-6-4-3-5-7-14)16(27)12-18(28,19(20,21)22)17-23-8-9-25(17)2/h3-9,15,28H,10-13H2,1-2H3. The van der Waals surface area contributed by atoms with Gasteiger partial charge in [-0.3, -0.25) is 4.79 Å². The molecule has 1 fully saturated rings. The molecule has 2 unspecified atom stereocenters. The van der Waals surface area contributed by atoms with Crippen molar-refractivity contribution < 1.29 is 23.1 Å². The Hall–Kier alpha value is -2.39. The molecule has 1 aliphatic heterocycles. The minimum Gasteiger partial charge on any atom is -0.374 e. The number of halogens is 3. The maximum absolute atomic E-state index is 13.8. The number of rotatable bonds is 4. The number of alkyl halides is 3. The Balaban J connectivity index is 1.91. The average molecular weight is 396 g/mol. The second kappa shape index (κ2) is 7.56. The molecule has 9 heteroatoms. The van der Waals surface area contributed by atoms with Gasteiger partial charge in [-0.2, -0.15) is 13.2 Å². The Labute approximate surface area is 161 Å². The lowest BCUT2D eigenvalue weighted by Gasteiger charge is -2.41. The van der Waals surface area contributed by atoms with E-state index < -0.39 is 29.9 Å². The van der Waals surface area contributed by atoms with Crippen molar-refractivity contribution in [2.75, 3.05) is 26.7 Å². The fraction of sp³-hybridized carbons (Fsp3) is 0.474. The van der Waals surface area contributed by atoms with Gasteiger partial charge in [0.15, 0.2) is 5.82 Å². The van der Waals surface area contributed by atoms with Crippen molar-refractivity contribution in [1.82, 2.24) is 19.4 Å². The van der Waals surface area contributed by atoms with Crippen LogP contribution in [0.2, 0.25) is 0 Å². The third-order valence-corrected chi connectivity index (χ3v) is 5.16. The summed E-state index contributed by atoms with van der Waals surface area (Å²) < 4.78 is 42.4. The van der Waals surface area contributed by atoms with Gasteiger partial charge in [0.1, 0.15) is 0 Å². The Morgan fingerprint density at radius 2 is 1.89 bits per heavy atom. The number of carbonyl (C=O) groups excluding carboxylic acids is 1. The van der Waals surface area contributed by atoms with Crippen LogP contribution in [-0.2, 0) is 17.4 Å². The number of imidazole rings is 1. The zero-order valence-corrected chi connectivity index (χ0v) is 15.7. The molecule has 6 nitrogen and oxygen atoms in total. The second-order valence-electron chi connectivity index (χ2n) is 7.17. The zero-order valence-electron chi connectivity index (χ0n) is 15.7. The summed E-state index contributed by atoms with van der Waals surface area (Å²) in [7, 11) is 3.25. The van der Waals surface area contributed by atoms with E-state index in [-0.39, 0.29) is 12.6 Å². The molecule has 152 valence electrons. The highest BCUT2D eigenvalue weighted by Gasteiger charge is 2.59. The minimum atomic E-state index is -5.05. The van der Waals surface area contributed by atoms with Gasteiger partial charge >= 0.3 is 6.18 Å². The van der Waals surface area contributed by atoms with E-state index in [9.17, 15) is 23.1 Å². The van der Waals surface area contributed by atoms with Crippen molar-refractivity contribution in [1.29, 1.82) is 0 Å². The van der Waals surface area contributed by atoms with Crippen LogP contribution in [0.1, 0.15) is 23.9 Å². The van der Waals surface area contributed by atoms with E-state index in [1.807, 2.05) is 42.3 Å². The maximum Gasteiger partial charge on any atom is 0.425 e. The molecule has 1 amide bonds. The number of piperazine rings is 1. The first-order chi connectivity index (χ1) is 13.1. The van der Waals surface area contributed by atoms with Gasteiger partial charge in [0.05, 0.1) is 12.5 Å². The van der Waals surface area contributed by atoms with Crippen molar-refractivity contribution in [3.8, 4) is 0 Å². The molecule has 1 aromatic heterocycles. The van der Waals surface area contributed by atoms with E-state index in [4.69, 9.17) is 0 Å². The molecule has 0 aliphatic carbocycles. The van der Waals surface area contributed by atoms with Crippen molar-refractivity contribution in [3.05, 3.63) is 54.1 Å². The number of aryl methyl sites for hydroxylation is 1. The van der Waals surface area contributed by atoms with Crippen LogP contribution in [0.25, 0.3) is 0 Å². The fourth-order valence-electron chi connectivity index (χ4n) is 3.57. The Morgan fingerprint density at radius 3 is 2.46 bits per heavy atom. The molecule has 1 aliphatic rings. The van der Waals surface area contributed by atoms with E-state index in [2.05, 4.69) is 4.98 Å². The molecular formula is C19H23F3N4O2. The monoisotopic (exact) mass is 396 g/mol. The largest absolute Gasteiger partial charge is 0.425 e. The number of aliphatic hydroxyl groups is 1. The number of benzene rings is 1. The van der Waals surface area contributed by atoms with Crippen LogP contribution in [-0.4, -0.2) is 63.2 Å². The van der Waals surface area contributed by atoms with Gasteiger partial charge in [-0.05, 0) is 12.6 Å². The molecule has 2 aromatic rings. The van der Waals surface area contributed by atoms with Gasteiger partial charge in [0.2, 0.25) is 11.5 Å². The topological polar surface area (TPSA) is 61.6 Å². The molecule has 0 spiro atoms. The lowest BCUT2D eigenvalue weighted by Crippen LogP contribution is -2.53. The first kappa shape index (κ1) is 20.3. The minimum absolute atomic E-state index is 0.281. The number of amides is 1. The molecule has 3 rings (SSSR count). The SMILES string of the molecule is CN1CCN(C(=O)CC(O)(c2nccn2C)C(F)(F)F)C(c2ccccc2)C1. The lowest BCUT2D eigenvalue weighted by molar-refractivity contribution is -0.272. The number of likely N-dealkylation sites (N-methyl/N-ethyl adjacent to an activating group) is 1. The molecule has 1 N–H and O–H groups in total. The molecule has 0 saturated carbocycles. The lowest BCUT2D eigenvalue weighted by atomic mass is 9.94. The summed E-state index contributed by atoms with van der Waals surface area (Å²) in [6.07, 6.45) is -3.69. The Bertz CT molecular complexity index is 824. The second-order valence-corrected chi connectivity index (χ2v) is 7.17. The summed E-state index contributed by atoms with van der Waals surface area (Å²) in [5.74, 6) is -1.36. The molecule has 2 atom stereocenters. The van der Waals surface area contributed by atoms with Crippen molar-refractivity contribution >= 4 is 5.91 Å². The highest BCUT2D eigenvalue weighted by atomic mass is 19.4. The predicted molar refractivity (Wildman–Crippen MR) is 96.2 cm³/mol. The van der Waals surface area contributed by atoms with Crippen molar-refractivity contribution in [3.63, 3.8) is 0 Å². The molecule has 0 bridgehead atoms. The summed E-state index contributed by atoms with van der Waals surface area (Å²) >= 11 is 0. The summed E-state index contributed by atoms with van der Waals surface area (Å²) in [5.41, 5.74) is -2.51. The molecule has 2 heterocycles. The van der Waals surface area contributed by atoms with Crippen LogP contribution < -0.4 is 0 Å². The smallest absolute Gasteiger partial charge is 0.374 e. The first-order valence-electron chi connectivity index (χ1n) is 8.93. The molecule has 0 radical (unpaired) electrons. The number of hydrogen-bond acceptors (Lipinski definition) is 4. The van der Waals surface area contributed by atoms with Gasteiger partial charge in [-0.25, -0.2) is 4.98 Å². The number of aromatic nitrogens is 2. The third kappa shape index (κ3) is 3.77. The van der Waals surface area contributed by atoms with Gasteiger partial charge < -0.3 is 19.5 Å². The summed E-state index contributed by atoms with van der Waals surface area (Å²) in [6, 6.07) is 8.80. The predicted octanol–water partition coefficient (Wildman–Crippen LogP) is 2.08. The normalized spacial score (nSPS) is 20.8. The highest BCUT2D eigenvalue weighted by Crippen LogP contribution is 2.41. The number of carbonyl (C=O) groups is 1. The van der Waals surface area contributed by atoms with Crippen LogP contribution in [0.4, 0.5) is 13.2 Å². The Morgan fingerprint density at radius 1 is 1.21 bits per heavy atom. The van der Waals surface area contributed by atoms with E-state index in [1.54, 1.807) is 0 Å². The van der Waals surface area contributed by atoms with E-state index in [0.717, 1.165) is 10.1 Å². The average Bonchev–Trinajstić information content (AvgIpc) is 3.07.